The molecule has 9 rings (SSSR count). The summed E-state index contributed by atoms with van der Waals surface area (Å²) in [5.41, 5.74) is 16.1. The third-order valence-electron chi connectivity index (χ3n) is 8.93. The van der Waals surface area contributed by atoms with Crippen LogP contribution in [0.5, 0.6) is 0 Å². The Morgan fingerprint density at radius 3 is 2.33 bits per heavy atom. The van der Waals surface area contributed by atoms with Crippen LogP contribution >= 0.6 is 0 Å². The summed E-state index contributed by atoms with van der Waals surface area (Å²) in [4.78, 5) is 7.08. The monoisotopic (exact) mass is 761 g/mol. The summed E-state index contributed by atoms with van der Waals surface area (Å²) >= 11 is 0. The molecule has 5 aromatic carbocycles. The topological polar surface area (TPSA) is 38.4 Å². The van der Waals surface area contributed by atoms with Gasteiger partial charge < -0.3 is 19.9 Å². The molecule has 2 aliphatic heterocycles. The number of anilines is 5. The Balaban J connectivity index is 0.00000300. The second kappa shape index (κ2) is 11.0. The molecule has 0 bridgehead atoms. The first-order chi connectivity index (χ1) is 21.7. The Bertz CT molecular complexity index is 2210. The smallest absolute Gasteiger partial charge is 0.135 e. The molecule has 0 saturated heterocycles. The minimum atomic E-state index is 0. The van der Waals surface area contributed by atoms with Crippen LogP contribution in [0.2, 0.25) is 0 Å². The number of para-hydroxylation sites is 3. The fourth-order valence-corrected chi connectivity index (χ4v) is 6.87. The average molecular weight is 762 g/mol. The van der Waals surface area contributed by atoms with Gasteiger partial charge in [0.2, 0.25) is 0 Å². The molecule has 0 spiro atoms. The van der Waals surface area contributed by atoms with Gasteiger partial charge in [-0.3, -0.25) is 0 Å². The van der Waals surface area contributed by atoms with Crippen molar-refractivity contribution in [1.82, 2.24) is 9.55 Å². The molecule has 2 aliphatic rings. The molecule has 2 aromatic heterocycles. The molecule has 0 radical (unpaired) electrons. The zero-order valence-corrected chi connectivity index (χ0v) is 26.9. The van der Waals surface area contributed by atoms with Crippen molar-refractivity contribution < 1.29 is 21.1 Å². The number of rotatable bonds is 3. The van der Waals surface area contributed by atoms with E-state index in [0.29, 0.717) is 0 Å². The van der Waals surface area contributed by atoms with E-state index in [9.17, 15) is 0 Å². The van der Waals surface area contributed by atoms with Crippen LogP contribution in [0.25, 0.3) is 33.0 Å². The molecule has 0 amide bonds. The largest absolute Gasteiger partial charge is 0.558 e. The second-order valence-corrected chi connectivity index (χ2v) is 11.5. The van der Waals surface area contributed by atoms with Gasteiger partial charge in [0.15, 0.2) is 0 Å². The predicted molar refractivity (Wildman–Crippen MR) is 179 cm³/mol. The quantitative estimate of drug-likeness (QED) is 0.168. The van der Waals surface area contributed by atoms with Gasteiger partial charge in [-0.15, -0.1) is 35.2 Å². The SMILES string of the molecule is CC1[N-]N(c2[c-]c3c(cc2)CCc2ccccc2N3c2[c-]c3c(cc2)c2ccccc2n3-c2ccccn2)c2ccccc21.[Pt]. The Kier molecular flexibility index (Phi) is 6.82. The number of pyridine rings is 1. The number of nitrogens with zero attached hydrogens (tertiary/aromatic N) is 5. The van der Waals surface area contributed by atoms with Gasteiger partial charge in [0.05, 0.1) is 0 Å². The van der Waals surface area contributed by atoms with Gasteiger partial charge in [-0.05, 0) is 53.3 Å². The third-order valence-corrected chi connectivity index (χ3v) is 8.93. The van der Waals surface area contributed by atoms with Crippen LogP contribution in [0, 0.1) is 12.1 Å². The summed E-state index contributed by atoms with van der Waals surface area (Å²) in [6.45, 7) is 2.15. The Hall–Kier alpha value is -4.70. The maximum atomic E-state index is 5.02. The third kappa shape index (κ3) is 4.41. The van der Waals surface area contributed by atoms with Crippen molar-refractivity contribution in [1.29, 1.82) is 0 Å². The number of hydrogen-bond acceptors (Lipinski definition) is 3. The molecule has 1 atom stereocenters. The normalized spacial score (nSPS) is 15.4. The Labute approximate surface area is 277 Å². The van der Waals surface area contributed by atoms with Gasteiger partial charge in [-0.25, -0.2) is 4.98 Å². The van der Waals surface area contributed by atoms with E-state index < -0.39 is 0 Å². The molecule has 4 heterocycles. The van der Waals surface area contributed by atoms with Gasteiger partial charge in [-0.1, -0.05) is 103 Å². The van der Waals surface area contributed by atoms with Crippen LogP contribution in [-0.4, -0.2) is 9.55 Å². The van der Waals surface area contributed by atoms with Crippen LogP contribution in [0.4, 0.5) is 28.4 Å². The van der Waals surface area contributed by atoms with Gasteiger partial charge in [-0.2, -0.15) is 12.1 Å². The van der Waals surface area contributed by atoms with Crippen molar-refractivity contribution in [2.24, 2.45) is 0 Å². The maximum Gasteiger partial charge on any atom is 0.135 e. The first-order valence-corrected chi connectivity index (χ1v) is 15.1. The van der Waals surface area contributed by atoms with E-state index in [-0.39, 0.29) is 27.1 Å². The predicted octanol–water partition coefficient (Wildman–Crippen LogP) is 9.85. The minimum Gasteiger partial charge on any atom is -0.558 e. The standard InChI is InChI=1S/C39H28N5.Pt/c1-26-31-11-3-7-15-36(31)44(41-26)30-20-19-28-18-17-27-10-2-5-13-34(27)42(37(28)25-30)29-21-22-33-32-12-4-6-14-35(32)43(38(33)24-29)39-16-8-9-23-40-39;/h2-16,19-23,26H,17-18H2,1H3;/q-3;. The van der Waals surface area contributed by atoms with Crippen molar-refractivity contribution in [3.05, 3.63) is 156 Å². The summed E-state index contributed by atoms with van der Waals surface area (Å²) in [6, 6.07) is 48.4. The molecule has 45 heavy (non-hydrogen) atoms. The molecule has 222 valence electrons. The summed E-state index contributed by atoms with van der Waals surface area (Å²) < 4.78 is 2.22. The molecule has 0 aliphatic carbocycles. The zero-order chi connectivity index (χ0) is 29.2. The van der Waals surface area contributed by atoms with Crippen molar-refractivity contribution in [3.63, 3.8) is 0 Å². The molecule has 0 fully saturated rings. The van der Waals surface area contributed by atoms with E-state index in [1.54, 1.807) is 0 Å². The van der Waals surface area contributed by atoms with Crippen LogP contribution in [0.1, 0.15) is 29.7 Å². The van der Waals surface area contributed by atoms with Gasteiger partial charge in [0, 0.05) is 44.2 Å². The Morgan fingerprint density at radius 2 is 1.44 bits per heavy atom. The number of hydrogen-bond donors (Lipinski definition) is 0. The van der Waals surface area contributed by atoms with Gasteiger partial charge in [0.1, 0.15) is 5.82 Å². The fourth-order valence-electron chi connectivity index (χ4n) is 6.87. The average Bonchev–Trinajstić information content (AvgIpc) is 3.53. The van der Waals surface area contributed by atoms with Crippen molar-refractivity contribution >= 4 is 50.2 Å². The van der Waals surface area contributed by atoms with Gasteiger partial charge >= 0.3 is 0 Å². The molecule has 1 unspecified atom stereocenters. The van der Waals surface area contributed by atoms with E-state index >= 15 is 0 Å². The molecule has 0 saturated carbocycles. The number of aryl methyl sites for hydroxylation is 2. The van der Waals surface area contributed by atoms with Crippen LogP contribution < -0.4 is 9.91 Å². The summed E-state index contributed by atoms with van der Waals surface area (Å²) in [5.74, 6) is 0.876. The van der Waals surface area contributed by atoms with Crippen molar-refractivity contribution in [3.8, 4) is 5.82 Å². The Morgan fingerprint density at radius 1 is 0.689 bits per heavy atom. The fraction of sp³-hybridized carbons (Fsp3) is 0.103. The molecular formula is C39H28N5Pt-3. The van der Waals surface area contributed by atoms with E-state index in [4.69, 9.17) is 10.4 Å². The van der Waals surface area contributed by atoms with Crippen molar-refractivity contribution in [2.75, 3.05) is 9.91 Å². The second-order valence-electron chi connectivity index (χ2n) is 11.5. The van der Waals surface area contributed by atoms with E-state index in [1.807, 2.05) is 18.3 Å². The van der Waals surface area contributed by atoms with Crippen LogP contribution in [-0.2, 0) is 33.9 Å². The minimum absolute atomic E-state index is 0. The van der Waals surface area contributed by atoms with Crippen molar-refractivity contribution in [2.45, 2.75) is 25.8 Å². The number of fused-ring (bicyclic) bond motifs is 6. The molecule has 0 N–H and O–H groups in total. The number of benzene rings is 5. The van der Waals surface area contributed by atoms with Gasteiger partial charge in [0.25, 0.3) is 0 Å². The van der Waals surface area contributed by atoms with Crippen LogP contribution in [0.15, 0.2) is 121 Å². The molecule has 6 heteroatoms. The summed E-state index contributed by atoms with van der Waals surface area (Å²) in [5, 5.41) is 4.39. The van der Waals surface area contributed by atoms with Crippen LogP contribution in [0.3, 0.4) is 0 Å². The first kappa shape index (κ1) is 27.8. The molecular weight excluding hydrogens is 734 g/mol. The molecule has 5 nitrogen and oxygen atoms in total. The summed E-state index contributed by atoms with van der Waals surface area (Å²) in [7, 11) is 0. The van der Waals surface area contributed by atoms with E-state index in [0.717, 1.165) is 63.5 Å². The maximum absolute atomic E-state index is 5.02. The summed E-state index contributed by atoms with van der Waals surface area (Å²) in [6.07, 6.45) is 3.73. The first-order valence-electron chi connectivity index (χ1n) is 15.1. The van der Waals surface area contributed by atoms with E-state index in [1.165, 1.54) is 22.1 Å². The number of aromatic nitrogens is 2. The zero-order valence-electron chi connectivity index (χ0n) is 24.6. The molecule has 7 aromatic rings. The van der Waals surface area contributed by atoms with E-state index in [2.05, 4.69) is 137 Å².